The second-order valence-electron chi connectivity index (χ2n) is 6.43. The van der Waals surface area contributed by atoms with Gasteiger partial charge in [-0.25, -0.2) is 9.37 Å². The van der Waals surface area contributed by atoms with Gasteiger partial charge in [-0.1, -0.05) is 17.4 Å². The zero-order valence-corrected chi connectivity index (χ0v) is 16.5. The molecule has 3 aromatic rings. The van der Waals surface area contributed by atoms with E-state index in [1.54, 1.807) is 42.6 Å². The summed E-state index contributed by atoms with van der Waals surface area (Å²) in [5.74, 6) is 0.923. The Hall–Kier alpha value is -2.87. The Morgan fingerprint density at radius 3 is 2.46 bits per heavy atom. The Kier molecular flexibility index (Phi) is 5.04. The minimum Gasteiger partial charge on any atom is -0.495 e. The maximum Gasteiger partial charge on any atom is 0.254 e. The van der Waals surface area contributed by atoms with Crippen molar-refractivity contribution in [3.63, 3.8) is 0 Å². The summed E-state index contributed by atoms with van der Waals surface area (Å²) < 4.78 is 25.2. The van der Waals surface area contributed by atoms with E-state index in [0.29, 0.717) is 37.5 Å². The maximum absolute atomic E-state index is 13.4. The van der Waals surface area contributed by atoms with Crippen molar-refractivity contribution < 1.29 is 18.7 Å². The Morgan fingerprint density at radius 1 is 1.07 bits per heavy atom. The topological polar surface area (TPSA) is 54.9 Å². The molecule has 8 heteroatoms. The molecule has 6 nitrogen and oxygen atoms in total. The van der Waals surface area contributed by atoms with Crippen molar-refractivity contribution in [3.8, 4) is 11.5 Å². The molecule has 28 heavy (non-hydrogen) atoms. The largest absolute Gasteiger partial charge is 0.495 e. The molecule has 0 aliphatic carbocycles. The molecule has 0 N–H and O–H groups in total. The van der Waals surface area contributed by atoms with Crippen LogP contribution < -0.4 is 14.4 Å². The number of benzene rings is 2. The van der Waals surface area contributed by atoms with Crippen molar-refractivity contribution >= 4 is 32.6 Å². The normalized spacial score (nSPS) is 14.4. The molecule has 0 saturated carbocycles. The molecule has 2 heterocycles. The first-order valence-corrected chi connectivity index (χ1v) is 9.73. The SMILES string of the molecule is COc1ccc(OC)c2sc(N3CCN(C(=O)c4cccc(F)c4)CC3)nc12. The van der Waals surface area contributed by atoms with Gasteiger partial charge in [-0.05, 0) is 30.3 Å². The quantitative estimate of drug-likeness (QED) is 0.671. The first kappa shape index (κ1) is 18.5. The Morgan fingerprint density at radius 2 is 1.79 bits per heavy atom. The number of nitrogens with zero attached hydrogens (tertiary/aromatic N) is 3. The highest BCUT2D eigenvalue weighted by molar-refractivity contribution is 7.22. The van der Waals surface area contributed by atoms with Crippen LogP contribution in [-0.2, 0) is 0 Å². The number of carbonyl (C=O) groups is 1. The van der Waals surface area contributed by atoms with Gasteiger partial charge in [0.2, 0.25) is 0 Å². The number of methoxy groups -OCH3 is 2. The Balaban J connectivity index is 1.51. The molecule has 0 spiro atoms. The number of thiazole rings is 1. The molecule has 1 amide bonds. The van der Waals surface area contributed by atoms with Crippen LogP contribution in [0.5, 0.6) is 11.5 Å². The lowest BCUT2D eigenvalue weighted by molar-refractivity contribution is 0.0746. The lowest BCUT2D eigenvalue weighted by atomic mass is 10.2. The van der Waals surface area contributed by atoms with Crippen LogP contribution in [0.15, 0.2) is 36.4 Å². The average molecular weight is 401 g/mol. The van der Waals surface area contributed by atoms with Gasteiger partial charge < -0.3 is 19.3 Å². The zero-order valence-electron chi connectivity index (χ0n) is 15.6. The summed E-state index contributed by atoms with van der Waals surface area (Å²) in [7, 11) is 3.26. The van der Waals surface area contributed by atoms with Crippen LogP contribution in [0.1, 0.15) is 10.4 Å². The van der Waals surface area contributed by atoms with Crippen LogP contribution in [-0.4, -0.2) is 56.2 Å². The van der Waals surface area contributed by atoms with E-state index < -0.39 is 5.82 Å². The molecule has 0 atom stereocenters. The molecular formula is C20H20FN3O3S. The fourth-order valence-electron chi connectivity index (χ4n) is 3.31. The molecule has 0 bridgehead atoms. The highest BCUT2D eigenvalue weighted by Crippen LogP contribution is 2.40. The summed E-state index contributed by atoms with van der Waals surface area (Å²) >= 11 is 1.55. The summed E-state index contributed by atoms with van der Waals surface area (Å²) in [5, 5.41) is 0.871. The van der Waals surface area contributed by atoms with E-state index in [1.165, 1.54) is 12.1 Å². The van der Waals surface area contributed by atoms with Crippen molar-refractivity contribution in [2.45, 2.75) is 0 Å². The third kappa shape index (κ3) is 3.35. The smallest absolute Gasteiger partial charge is 0.254 e. The molecule has 4 rings (SSSR count). The zero-order chi connectivity index (χ0) is 19.7. The van der Waals surface area contributed by atoms with Crippen molar-refractivity contribution in [1.82, 2.24) is 9.88 Å². The van der Waals surface area contributed by atoms with Gasteiger partial charge in [-0.3, -0.25) is 4.79 Å². The molecule has 1 aliphatic heterocycles. The van der Waals surface area contributed by atoms with E-state index in [9.17, 15) is 9.18 Å². The number of aromatic nitrogens is 1. The van der Waals surface area contributed by atoms with Crippen LogP contribution in [0, 0.1) is 5.82 Å². The van der Waals surface area contributed by atoms with Crippen molar-refractivity contribution in [1.29, 1.82) is 0 Å². The number of anilines is 1. The predicted octanol–water partition coefficient (Wildman–Crippen LogP) is 3.42. The summed E-state index contributed by atoms with van der Waals surface area (Å²) in [6.45, 7) is 2.43. The number of hydrogen-bond acceptors (Lipinski definition) is 6. The maximum atomic E-state index is 13.4. The minimum atomic E-state index is -0.401. The molecule has 146 valence electrons. The van der Waals surface area contributed by atoms with E-state index in [4.69, 9.17) is 14.5 Å². The second-order valence-corrected chi connectivity index (χ2v) is 7.41. The predicted molar refractivity (Wildman–Crippen MR) is 107 cm³/mol. The number of halogens is 1. The number of ether oxygens (including phenoxy) is 2. The van der Waals surface area contributed by atoms with E-state index in [0.717, 1.165) is 21.1 Å². The standard InChI is InChI=1S/C20H20FN3O3S/c1-26-15-6-7-16(27-2)18-17(15)22-20(28-18)24-10-8-23(9-11-24)19(25)13-4-3-5-14(21)12-13/h3-7,12H,8-11H2,1-2H3. The fourth-order valence-corrected chi connectivity index (χ4v) is 4.44. The summed E-state index contributed by atoms with van der Waals surface area (Å²) in [6, 6.07) is 9.54. The molecule has 0 radical (unpaired) electrons. The average Bonchev–Trinajstić information content (AvgIpc) is 3.18. The van der Waals surface area contributed by atoms with Crippen molar-refractivity contribution in [2.75, 3.05) is 45.3 Å². The minimum absolute atomic E-state index is 0.146. The number of piperazine rings is 1. The third-order valence-corrected chi connectivity index (χ3v) is 5.94. The van der Waals surface area contributed by atoms with Gasteiger partial charge >= 0.3 is 0 Å². The van der Waals surface area contributed by atoms with Crippen molar-refractivity contribution in [3.05, 3.63) is 47.8 Å². The summed E-state index contributed by atoms with van der Waals surface area (Å²) in [5.41, 5.74) is 1.16. The lowest BCUT2D eigenvalue weighted by Crippen LogP contribution is -2.48. The van der Waals surface area contributed by atoms with Crippen LogP contribution in [0.3, 0.4) is 0 Å². The van der Waals surface area contributed by atoms with Gasteiger partial charge in [0.15, 0.2) is 5.13 Å². The number of hydrogen-bond donors (Lipinski definition) is 0. The number of rotatable bonds is 4. The van der Waals surface area contributed by atoms with E-state index in [1.807, 2.05) is 12.1 Å². The highest BCUT2D eigenvalue weighted by Gasteiger charge is 2.25. The first-order valence-electron chi connectivity index (χ1n) is 8.92. The monoisotopic (exact) mass is 401 g/mol. The van der Waals surface area contributed by atoms with Crippen LogP contribution in [0.25, 0.3) is 10.2 Å². The third-order valence-electron chi connectivity index (χ3n) is 4.81. The van der Waals surface area contributed by atoms with Gasteiger partial charge in [0.25, 0.3) is 5.91 Å². The molecular weight excluding hydrogens is 381 g/mol. The molecule has 1 saturated heterocycles. The second kappa shape index (κ2) is 7.63. The van der Waals surface area contributed by atoms with E-state index in [2.05, 4.69) is 4.90 Å². The lowest BCUT2D eigenvalue weighted by Gasteiger charge is -2.34. The Labute approximate surface area is 166 Å². The van der Waals surface area contributed by atoms with Crippen LogP contribution in [0.2, 0.25) is 0 Å². The molecule has 1 aliphatic rings. The summed E-state index contributed by atoms with van der Waals surface area (Å²) in [6.07, 6.45) is 0. The van der Waals surface area contributed by atoms with E-state index in [-0.39, 0.29) is 5.91 Å². The van der Waals surface area contributed by atoms with Gasteiger partial charge in [-0.15, -0.1) is 0 Å². The van der Waals surface area contributed by atoms with E-state index >= 15 is 0 Å². The number of amides is 1. The van der Waals surface area contributed by atoms with Crippen LogP contribution >= 0.6 is 11.3 Å². The number of fused-ring (bicyclic) bond motifs is 1. The Bertz CT molecular complexity index is 974. The molecule has 1 aromatic heterocycles. The van der Waals surface area contributed by atoms with Gasteiger partial charge in [0, 0.05) is 31.7 Å². The molecule has 2 aromatic carbocycles. The summed E-state index contributed by atoms with van der Waals surface area (Å²) in [4.78, 5) is 21.2. The van der Waals surface area contributed by atoms with Gasteiger partial charge in [0.1, 0.15) is 27.5 Å². The van der Waals surface area contributed by atoms with Crippen molar-refractivity contribution in [2.24, 2.45) is 0 Å². The van der Waals surface area contributed by atoms with Gasteiger partial charge in [0.05, 0.1) is 14.2 Å². The highest BCUT2D eigenvalue weighted by atomic mass is 32.1. The number of carbonyl (C=O) groups excluding carboxylic acids is 1. The van der Waals surface area contributed by atoms with Crippen LogP contribution in [0.4, 0.5) is 9.52 Å². The molecule has 0 unspecified atom stereocenters. The molecule has 1 fully saturated rings. The fraction of sp³-hybridized carbons (Fsp3) is 0.300. The first-order chi connectivity index (χ1) is 13.6. The van der Waals surface area contributed by atoms with Gasteiger partial charge in [-0.2, -0.15) is 0 Å².